The minimum atomic E-state index is 0.267. The molecule has 0 aliphatic carbocycles. The van der Waals surface area contributed by atoms with Gasteiger partial charge in [0.25, 0.3) is 0 Å². The number of nitrogens with zero attached hydrogens (tertiary/aromatic N) is 1. The van der Waals surface area contributed by atoms with Gasteiger partial charge in [-0.05, 0) is 20.3 Å². The minimum absolute atomic E-state index is 0.267. The first-order valence-electron chi connectivity index (χ1n) is 5.87. The van der Waals surface area contributed by atoms with Crippen LogP contribution in [0.15, 0.2) is 0 Å². The highest BCUT2D eigenvalue weighted by Gasteiger charge is 2.26. The zero-order chi connectivity index (χ0) is 11.1. The van der Waals surface area contributed by atoms with E-state index in [0.29, 0.717) is 19.1 Å². The van der Waals surface area contributed by atoms with Gasteiger partial charge in [0.15, 0.2) is 0 Å². The number of carbonyl (C=O) groups is 1. The van der Waals surface area contributed by atoms with Crippen molar-refractivity contribution in [2.45, 2.75) is 32.7 Å². The summed E-state index contributed by atoms with van der Waals surface area (Å²) in [6.07, 6.45) is 1.45. The Balaban J connectivity index is 2.18. The van der Waals surface area contributed by atoms with Crippen molar-refractivity contribution in [3.8, 4) is 0 Å². The second kappa shape index (κ2) is 6.80. The number of rotatable bonds is 7. The van der Waals surface area contributed by atoms with Crippen LogP contribution in [-0.2, 0) is 9.53 Å². The maximum absolute atomic E-state index is 11.8. The topological polar surface area (TPSA) is 41.6 Å². The van der Waals surface area contributed by atoms with E-state index in [-0.39, 0.29) is 5.91 Å². The predicted octanol–water partition coefficient (Wildman–Crippen LogP) is 0.623. The van der Waals surface area contributed by atoms with Crippen LogP contribution in [0.2, 0.25) is 0 Å². The Morgan fingerprint density at radius 1 is 1.47 bits per heavy atom. The van der Waals surface area contributed by atoms with Gasteiger partial charge >= 0.3 is 0 Å². The molecule has 1 amide bonds. The first kappa shape index (κ1) is 12.5. The van der Waals surface area contributed by atoms with E-state index < -0.39 is 0 Å². The molecule has 0 saturated carbocycles. The molecule has 0 atom stereocenters. The largest absolute Gasteiger partial charge is 0.382 e. The lowest BCUT2D eigenvalue weighted by Crippen LogP contribution is -2.58. The van der Waals surface area contributed by atoms with Crippen LogP contribution in [-0.4, -0.2) is 49.7 Å². The SMILES string of the molecule is CCOCCCC(=O)N(CC)C1CNC1. The smallest absolute Gasteiger partial charge is 0.222 e. The number of hydrogen-bond donors (Lipinski definition) is 1. The van der Waals surface area contributed by atoms with Gasteiger partial charge in [-0.2, -0.15) is 0 Å². The van der Waals surface area contributed by atoms with E-state index >= 15 is 0 Å². The average Bonchev–Trinajstić information content (AvgIpc) is 2.17. The molecule has 1 aliphatic heterocycles. The van der Waals surface area contributed by atoms with Gasteiger partial charge in [0.1, 0.15) is 0 Å². The minimum Gasteiger partial charge on any atom is -0.382 e. The fraction of sp³-hybridized carbons (Fsp3) is 0.909. The maximum Gasteiger partial charge on any atom is 0.222 e. The summed E-state index contributed by atoms with van der Waals surface area (Å²) in [7, 11) is 0. The molecule has 1 rings (SSSR count). The van der Waals surface area contributed by atoms with Crippen molar-refractivity contribution in [3.63, 3.8) is 0 Å². The molecule has 1 N–H and O–H groups in total. The first-order chi connectivity index (χ1) is 7.29. The van der Waals surface area contributed by atoms with Crippen molar-refractivity contribution in [2.75, 3.05) is 32.8 Å². The lowest BCUT2D eigenvalue weighted by atomic mass is 10.1. The number of ether oxygens (including phenoxy) is 1. The van der Waals surface area contributed by atoms with Gasteiger partial charge in [-0.25, -0.2) is 0 Å². The summed E-state index contributed by atoms with van der Waals surface area (Å²) in [5.74, 6) is 0.267. The molecule has 4 heteroatoms. The van der Waals surface area contributed by atoms with Crippen molar-refractivity contribution >= 4 is 5.91 Å². The van der Waals surface area contributed by atoms with Gasteiger partial charge in [0.05, 0.1) is 6.04 Å². The highest BCUT2D eigenvalue weighted by molar-refractivity contribution is 5.76. The van der Waals surface area contributed by atoms with Crippen molar-refractivity contribution < 1.29 is 9.53 Å². The Morgan fingerprint density at radius 2 is 2.20 bits per heavy atom. The number of amides is 1. The summed E-state index contributed by atoms with van der Waals surface area (Å²) in [5, 5.41) is 3.19. The van der Waals surface area contributed by atoms with Crippen LogP contribution in [0.25, 0.3) is 0 Å². The van der Waals surface area contributed by atoms with Gasteiger partial charge < -0.3 is 15.0 Å². The molecule has 0 bridgehead atoms. The summed E-state index contributed by atoms with van der Waals surface area (Å²) >= 11 is 0. The van der Waals surface area contributed by atoms with Gasteiger partial charge in [-0.1, -0.05) is 0 Å². The number of hydrogen-bond acceptors (Lipinski definition) is 3. The van der Waals surface area contributed by atoms with E-state index in [1.165, 1.54) is 0 Å². The molecule has 1 fully saturated rings. The third-order valence-corrected chi connectivity index (χ3v) is 2.75. The second-order valence-corrected chi connectivity index (χ2v) is 3.79. The van der Waals surface area contributed by atoms with Crippen LogP contribution >= 0.6 is 0 Å². The molecule has 0 spiro atoms. The first-order valence-corrected chi connectivity index (χ1v) is 5.87. The summed E-state index contributed by atoms with van der Waals surface area (Å²) in [5.41, 5.74) is 0. The third kappa shape index (κ3) is 3.80. The van der Waals surface area contributed by atoms with Crippen molar-refractivity contribution in [2.24, 2.45) is 0 Å². The summed E-state index contributed by atoms with van der Waals surface area (Å²) in [6, 6.07) is 0.426. The van der Waals surface area contributed by atoms with Crippen molar-refractivity contribution in [1.82, 2.24) is 10.2 Å². The fourth-order valence-corrected chi connectivity index (χ4v) is 1.75. The monoisotopic (exact) mass is 214 g/mol. The van der Waals surface area contributed by atoms with Gasteiger partial charge in [0, 0.05) is 39.3 Å². The van der Waals surface area contributed by atoms with E-state index in [4.69, 9.17) is 4.74 Å². The standard InChI is InChI=1S/C11H22N2O2/c1-3-13(10-8-12-9-10)11(14)6-5-7-15-4-2/h10,12H,3-9H2,1-2H3. The Labute approximate surface area is 92.0 Å². The molecular formula is C11H22N2O2. The second-order valence-electron chi connectivity index (χ2n) is 3.79. The lowest BCUT2D eigenvalue weighted by molar-refractivity contribution is -0.134. The van der Waals surface area contributed by atoms with E-state index in [2.05, 4.69) is 5.32 Å². The number of carbonyl (C=O) groups excluding carboxylic acids is 1. The van der Waals surface area contributed by atoms with Crippen LogP contribution < -0.4 is 5.32 Å². The zero-order valence-electron chi connectivity index (χ0n) is 9.79. The quantitative estimate of drug-likeness (QED) is 0.632. The summed E-state index contributed by atoms with van der Waals surface area (Å²) in [6.45, 7) is 8.16. The molecule has 4 nitrogen and oxygen atoms in total. The van der Waals surface area contributed by atoms with Crippen LogP contribution in [0.1, 0.15) is 26.7 Å². The Morgan fingerprint density at radius 3 is 2.67 bits per heavy atom. The van der Waals surface area contributed by atoms with Crippen molar-refractivity contribution in [1.29, 1.82) is 0 Å². The maximum atomic E-state index is 11.8. The molecule has 1 saturated heterocycles. The van der Waals surface area contributed by atoms with Crippen LogP contribution in [0.5, 0.6) is 0 Å². The molecule has 0 aromatic heterocycles. The summed E-state index contributed by atoms with van der Waals surface area (Å²) < 4.78 is 5.21. The molecule has 1 aliphatic rings. The Bertz CT molecular complexity index is 193. The van der Waals surface area contributed by atoms with E-state index in [9.17, 15) is 4.79 Å². The highest BCUT2D eigenvalue weighted by Crippen LogP contribution is 2.07. The summed E-state index contributed by atoms with van der Waals surface area (Å²) in [4.78, 5) is 13.8. The van der Waals surface area contributed by atoms with Gasteiger partial charge in [-0.3, -0.25) is 4.79 Å². The van der Waals surface area contributed by atoms with Gasteiger partial charge in [0.2, 0.25) is 5.91 Å². The van der Waals surface area contributed by atoms with Crippen LogP contribution in [0, 0.1) is 0 Å². The van der Waals surface area contributed by atoms with E-state index in [0.717, 1.165) is 32.7 Å². The lowest BCUT2D eigenvalue weighted by Gasteiger charge is -2.37. The zero-order valence-corrected chi connectivity index (χ0v) is 9.79. The molecule has 1 heterocycles. The molecule has 88 valence electrons. The third-order valence-electron chi connectivity index (χ3n) is 2.75. The number of likely N-dealkylation sites (N-methyl/N-ethyl adjacent to an activating group) is 1. The molecule has 0 aromatic rings. The highest BCUT2D eigenvalue weighted by atomic mass is 16.5. The van der Waals surface area contributed by atoms with Gasteiger partial charge in [-0.15, -0.1) is 0 Å². The Kier molecular flexibility index (Phi) is 5.65. The molecule has 0 unspecified atom stereocenters. The molecular weight excluding hydrogens is 192 g/mol. The number of nitrogens with one attached hydrogen (secondary N) is 1. The van der Waals surface area contributed by atoms with Crippen LogP contribution in [0.4, 0.5) is 0 Å². The fourth-order valence-electron chi connectivity index (χ4n) is 1.75. The van der Waals surface area contributed by atoms with E-state index in [1.807, 2.05) is 18.7 Å². The van der Waals surface area contributed by atoms with Crippen molar-refractivity contribution in [3.05, 3.63) is 0 Å². The Hall–Kier alpha value is -0.610. The molecule has 0 radical (unpaired) electrons. The molecule has 0 aromatic carbocycles. The normalized spacial score (nSPS) is 16.1. The average molecular weight is 214 g/mol. The van der Waals surface area contributed by atoms with E-state index in [1.54, 1.807) is 0 Å². The molecule has 15 heavy (non-hydrogen) atoms. The predicted molar refractivity (Wildman–Crippen MR) is 59.8 cm³/mol. The van der Waals surface area contributed by atoms with Crippen LogP contribution in [0.3, 0.4) is 0 Å².